The fraction of sp³-hybridized carbons (Fsp3) is 0.184. The number of rotatable bonds is 14. The average molecular weight is 733 g/mol. The van der Waals surface area contributed by atoms with Crippen molar-refractivity contribution in [2.24, 2.45) is 0 Å². The number of nitrogens with zero attached hydrogens (tertiary/aromatic N) is 6. The van der Waals surface area contributed by atoms with E-state index in [-0.39, 0.29) is 0 Å². The largest absolute Gasteiger partial charge is 0.476 e. The lowest BCUT2D eigenvalue weighted by Crippen LogP contribution is -2.03. The van der Waals surface area contributed by atoms with Crippen LogP contribution < -0.4 is 4.74 Å². The van der Waals surface area contributed by atoms with Crippen molar-refractivity contribution in [1.82, 2.24) is 29.9 Å². The topological polar surface area (TPSA) is 86.6 Å². The van der Waals surface area contributed by atoms with Gasteiger partial charge in [0.2, 0.25) is 5.88 Å². The summed E-state index contributed by atoms with van der Waals surface area (Å²) in [5, 5.41) is 0. The van der Waals surface area contributed by atoms with Crippen molar-refractivity contribution in [2.75, 3.05) is 6.61 Å². The molecule has 0 saturated heterocycles. The summed E-state index contributed by atoms with van der Waals surface area (Å²) < 4.78 is 6.32. The van der Waals surface area contributed by atoms with Crippen molar-refractivity contribution in [3.05, 3.63) is 150 Å². The first-order valence-corrected chi connectivity index (χ1v) is 19.6. The molecule has 0 radical (unpaired) electrons. The van der Waals surface area contributed by atoms with Gasteiger partial charge < -0.3 is 4.74 Å². The van der Waals surface area contributed by atoms with E-state index in [0.29, 0.717) is 29.6 Å². The SMILES string of the molecule is CCCCCCCCOc1nc2ccccc2nc1/C=C/c1nc2cc(-c3ccccc3)c(-c3ccccc3)cc2nc1/C=C/c1nc2ccccc2nc1C. The van der Waals surface area contributed by atoms with Crippen LogP contribution >= 0.6 is 0 Å². The van der Waals surface area contributed by atoms with E-state index in [1.54, 1.807) is 0 Å². The molecular weight excluding hydrogens is 689 g/mol. The fourth-order valence-electron chi connectivity index (χ4n) is 6.93. The quantitative estimate of drug-likeness (QED) is 0.103. The van der Waals surface area contributed by atoms with Crippen molar-refractivity contribution in [3.8, 4) is 28.1 Å². The van der Waals surface area contributed by atoms with E-state index >= 15 is 0 Å². The summed E-state index contributed by atoms with van der Waals surface area (Å²) in [7, 11) is 0. The molecule has 0 fully saturated rings. The molecule has 0 saturated carbocycles. The second kappa shape index (κ2) is 17.2. The van der Waals surface area contributed by atoms with Gasteiger partial charge in [-0.2, -0.15) is 0 Å². The number of benzene rings is 5. The van der Waals surface area contributed by atoms with Gasteiger partial charge >= 0.3 is 0 Å². The van der Waals surface area contributed by atoms with Gasteiger partial charge in [-0.05, 0) is 96.3 Å². The summed E-state index contributed by atoms with van der Waals surface area (Å²) in [4.78, 5) is 30.2. The zero-order valence-electron chi connectivity index (χ0n) is 31.9. The molecule has 0 atom stereocenters. The lowest BCUT2D eigenvalue weighted by Gasteiger charge is -2.13. The number of hydrogen-bond acceptors (Lipinski definition) is 7. The minimum atomic E-state index is 0.514. The van der Waals surface area contributed by atoms with Gasteiger partial charge in [0.25, 0.3) is 0 Å². The second-order valence-electron chi connectivity index (χ2n) is 14.0. The van der Waals surface area contributed by atoms with Crippen LogP contribution in [-0.2, 0) is 0 Å². The summed E-state index contributed by atoms with van der Waals surface area (Å²) in [6.07, 6.45) is 15.0. The summed E-state index contributed by atoms with van der Waals surface area (Å²) in [6.45, 7) is 4.81. The van der Waals surface area contributed by atoms with Gasteiger partial charge in [-0.25, -0.2) is 29.9 Å². The highest BCUT2D eigenvalue weighted by molar-refractivity contribution is 5.94. The summed E-state index contributed by atoms with van der Waals surface area (Å²) in [5.74, 6) is 0.514. The molecule has 0 unspecified atom stereocenters. The van der Waals surface area contributed by atoms with E-state index in [0.717, 1.165) is 79.6 Å². The molecule has 8 rings (SSSR count). The molecule has 0 aliphatic heterocycles. The third-order valence-electron chi connectivity index (χ3n) is 9.91. The lowest BCUT2D eigenvalue weighted by atomic mass is 9.93. The van der Waals surface area contributed by atoms with Crippen LogP contribution in [0.5, 0.6) is 5.88 Å². The number of para-hydroxylation sites is 4. The van der Waals surface area contributed by atoms with Gasteiger partial charge in [0.1, 0.15) is 5.69 Å². The van der Waals surface area contributed by atoms with Crippen molar-refractivity contribution in [3.63, 3.8) is 0 Å². The van der Waals surface area contributed by atoms with Crippen molar-refractivity contribution in [2.45, 2.75) is 52.4 Å². The van der Waals surface area contributed by atoms with E-state index in [4.69, 9.17) is 34.6 Å². The van der Waals surface area contributed by atoms with E-state index in [1.807, 2.05) is 91.9 Å². The molecular formula is C49H44N6O. The van der Waals surface area contributed by atoms with E-state index in [9.17, 15) is 0 Å². The van der Waals surface area contributed by atoms with Gasteiger partial charge in [0.15, 0.2) is 0 Å². The molecule has 0 spiro atoms. The molecule has 56 heavy (non-hydrogen) atoms. The smallest absolute Gasteiger partial charge is 0.240 e. The Balaban J connectivity index is 1.23. The summed E-state index contributed by atoms with van der Waals surface area (Å²) in [5.41, 5.74) is 12.9. The van der Waals surface area contributed by atoms with E-state index in [1.165, 1.54) is 25.7 Å². The number of aryl methyl sites for hydroxylation is 1. The number of aromatic nitrogens is 6. The predicted molar refractivity (Wildman–Crippen MR) is 231 cm³/mol. The molecule has 5 aromatic carbocycles. The Kier molecular flexibility index (Phi) is 11.2. The molecule has 7 heteroatoms. The average Bonchev–Trinajstić information content (AvgIpc) is 3.24. The third kappa shape index (κ3) is 8.37. The predicted octanol–water partition coefficient (Wildman–Crippen LogP) is 12.2. The second-order valence-corrected chi connectivity index (χ2v) is 14.0. The maximum Gasteiger partial charge on any atom is 0.240 e. The highest BCUT2D eigenvalue weighted by Gasteiger charge is 2.15. The van der Waals surface area contributed by atoms with Crippen LogP contribution in [0.2, 0.25) is 0 Å². The number of ether oxygens (including phenoxy) is 1. The molecule has 276 valence electrons. The Hall–Kier alpha value is -6.60. The maximum atomic E-state index is 6.32. The Morgan fingerprint density at radius 2 is 0.857 bits per heavy atom. The number of hydrogen-bond donors (Lipinski definition) is 0. The van der Waals surface area contributed by atoms with Gasteiger partial charge in [0, 0.05) is 0 Å². The first kappa shape index (κ1) is 36.4. The monoisotopic (exact) mass is 732 g/mol. The molecule has 0 aliphatic carbocycles. The van der Waals surface area contributed by atoms with Crippen molar-refractivity contribution in [1.29, 1.82) is 0 Å². The normalized spacial score (nSPS) is 11.8. The molecule has 7 nitrogen and oxygen atoms in total. The zero-order valence-corrected chi connectivity index (χ0v) is 31.9. The van der Waals surface area contributed by atoms with Crippen molar-refractivity contribution >= 4 is 57.4 Å². The molecule has 0 bridgehead atoms. The van der Waals surface area contributed by atoms with Gasteiger partial charge in [-0.1, -0.05) is 124 Å². The zero-order chi connectivity index (χ0) is 38.1. The number of fused-ring (bicyclic) bond motifs is 3. The Morgan fingerprint density at radius 3 is 1.43 bits per heavy atom. The lowest BCUT2D eigenvalue weighted by molar-refractivity contribution is 0.292. The first-order chi connectivity index (χ1) is 27.6. The highest BCUT2D eigenvalue weighted by Crippen LogP contribution is 2.35. The third-order valence-corrected chi connectivity index (χ3v) is 9.91. The van der Waals surface area contributed by atoms with Gasteiger partial charge in [-0.15, -0.1) is 0 Å². The minimum Gasteiger partial charge on any atom is -0.476 e. The van der Waals surface area contributed by atoms with Crippen LogP contribution in [-0.4, -0.2) is 36.5 Å². The molecule has 3 aromatic heterocycles. The van der Waals surface area contributed by atoms with Gasteiger partial charge in [0.05, 0.1) is 62.5 Å². The van der Waals surface area contributed by atoms with Crippen LogP contribution in [0.1, 0.15) is 73.9 Å². The van der Waals surface area contributed by atoms with Crippen LogP contribution in [0.25, 0.3) is 79.7 Å². The first-order valence-electron chi connectivity index (χ1n) is 19.6. The van der Waals surface area contributed by atoms with E-state index in [2.05, 4.69) is 67.6 Å². The molecule has 0 N–H and O–H groups in total. The standard InChI is InChI=1S/C49H44N6O/c1-3-4-5-6-7-18-31-56-49-46(52-42-25-16-17-26-43(42)55-49)30-29-45-44(28-27-39-34(2)50-40-23-14-15-24-41(40)51-39)53-47-32-37(35-19-10-8-11-20-35)38(33-48(47)54-45)36-21-12-9-13-22-36/h8-17,19-30,32-33H,3-7,18,31H2,1-2H3/b28-27+,30-29+. The van der Waals surface area contributed by atoms with Gasteiger partial charge in [-0.3, -0.25) is 0 Å². The maximum absolute atomic E-state index is 6.32. The molecule has 0 aliphatic rings. The van der Waals surface area contributed by atoms with Crippen LogP contribution in [0.4, 0.5) is 0 Å². The Morgan fingerprint density at radius 1 is 0.429 bits per heavy atom. The van der Waals surface area contributed by atoms with Crippen LogP contribution in [0, 0.1) is 6.92 Å². The van der Waals surface area contributed by atoms with Crippen LogP contribution in [0.15, 0.2) is 121 Å². The Bertz CT molecular complexity index is 2670. The summed E-state index contributed by atoms with van der Waals surface area (Å²) in [6, 6.07) is 41.0. The van der Waals surface area contributed by atoms with E-state index < -0.39 is 0 Å². The minimum absolute atomic E-state index is 0.514. The molecule has 8 aromatic rings. The highest BCUT2D eigenvalue weighted by atomic mass is 16.5. The van der Waals surface area contributed by atoms with Crippen molar-refractivity contribution < 1.29 is 4.74 Å². The molecule has 3 heterocycles. The Labute approximate surface area is 328 Å². The van der Waals surface area contributed by atoms with Crippen LogP contribution in [0.3, 0.4) is 0 Å². The molecule has 0 amide bonds. The summed E-state index contributed by atoms with van der Waals surface area (Å²) >= 11 is 0. The number of unbranched alkanes of at least 4 members (excludes halogenated alkanes) is 5. The fourth-order valence-corrected chi connectivity index (χ4v) is 6.93.